The third kappa shape index (κ3) is 4.11. The molecule has 0 fully saturated rings. The number of aromatic nitrogens is 3. The van der Waals surface area contributed by atoms with Crippen LogP contribution in [0.3, 0.4) is 0 Å². The minimum absolute atomic E-state index is 0.199. The van der Waals surface area contributed by atoms with E-state index in [1.807, 2.05) is 58.0 Å². The van der Waals surface area contributed by atoms with E-state index in [0.29, 0.717) is 6.54 Å². The van der Waals surface area contributed by atoms with Crippen LogP contribution in [0.5, 0.6) is 0 Å². The maximum Gasteiger partial charge on any atom is 0.315 e. The molecule has 0 radical (unpaired) electrons. The Morgan fingerprint density at radius 3 is 2.62 bits per heavy atom. The number of nitrogens with one attached hydrogen (secondary N) is 2. The summed E-state index contributed by atoms with van der Waals surface area (Å²) >= 11 is 0. The van der Waals surface area contributed by atoms with Gasteiger partial charge in [-0.1, -0.05) is 6.07 Å². The molecule has 3 rings (SSSR count). The Bertz CT molecular complexity index is 895. The van der Waals surface area contributed by atoms with Gasteiger partial charge in [-0.05, 0) is 57.5 Å². The van der Waals surface area contributed by atoms with Crippen molar-refractivity contribution in [1.82, 2.24) is 25.4 Å². The summed E-state index contributed by atoms with van der Waals surface area (Å²) in [6, 6.07) is 9.11. The van der Waals surface area contributed by atoms with Crippen molar-refractivity contribution in [3.63, 3.8) is 0 Å². The van der Waals surface area contributed by atoms with Crippen LogP contribution in [0.2, 0.25) is 0 Å². The lowest BCUT2D eigenvalue weighted by Crippen LogP contribution is -2.36. The molecular formula is C19H23N5O2. The molecule has 0 saturated carbocycles. The molecule has 0 aromatic carbocycles. The Balaban J connectivity index is 1.54. The lowest BCUT2D eigenvalue weighted by molar-refractivity contribution is 0.235. The van der Waals surface area contributed by atoms with Gasteiger partial charge in [0.15, 0.2) is 5.82 Å². The summed E-state index contributed by atoms with van der Waals surface area (Å²) in [4.78, 5) is 16.5. The molecule has 136 valence electrons. The van der Waals surface area contributed by atoms with Crippen molar-refractivity contribution in [1.29, 1.82) is 0 Å². The van der Waals surface area contributed by atoms with Crippen LogP contribution < -0.4 is 10.6 Å². The summed E-state index contributed by atoms with van der Waals surface area (Å²) in [6.07, 6.45) is 1.74. The normalized spacial score (nSPS) is 12.0. The van der Waals surface area contributed by atoms with E-state index >= 15 is 0 Å². The van der Waals surface area contributed by atoms with Gasteiger partial charge in [-0.3, -0.25) is 0 Å². The van der Waals surface area contributed by atoms with Crippen LogP contribution in [0.1, 0.15) is 41.4 Å². The highest BCUT2D eigenvalue weighted by Crippen LogP contribution is 2.15. The molecule has 0 saturated heterocycles. The van der Waals surface area contributed by atoms with E-state index in [1.54, 1.807) is 10.9 Å². The number of furan rings is 1. The maximum absolute atomic E-state index is 12.0. The summed E-state index contributed by atoms with van der Waals surface area (Å²) in [5, 5.41) is 10.1. The molecule has 26 heavy (non-hydrogen) atoms. The number of rotatable bonds is 5. The number of carbonyl (C=O) groups is 1. The molecule has 0 aliphatic rings. The predicted octanol–water partition coefficient (Wildman–Crippen LogP) is 3.35. The van der Waals surface area contributed by atoms with Crippen LogP contribution in [0.15, 0.2) is 40.9 Å². The Hall–Kier alpha value is -3.09. The molecule has 3 aromatic heterocycles. The van der Waals surface area contributed by atoms with Crippen molar-refractivity contribution in [3.05, 3.63) is 65.0 Å². The van der Waals surface area contributed by atoms with E-state index in [1.165, 1.54) is 0 Å². The summed E-state index contributed by atoms with van der Waals surface area (Å²) < 4.78 is 7.31. The SMILES string of the molecule is Cc1cc(C)n(-c2ccc(CNC(=O)NC(C)c3ccc(C)o3)cn2)n1. The van der Waals surface area contributed by atoms with E-state index < -0.39 is 0 Å². The average Bonchev–Trinajstić information content (AvgIpc) is 3.18. The highest BCUT2D eigenvalue weighted by molar-refractivity contribution is 5.74. The molecule has 1 atom stereocenters. The quantitative estimate of drug-likeness (QED) is 0.737. The second kappa shape index (κ2) is 7.43. The molecule has 2 amide bonds. The Labute approximate surface area is 152 Å². The maximum atomic E-state index is 12.0. The van der Waals surface area contributed by atoms with Gasteiger partial charge in [0.25, 0.3) is 0 Å². The van der Waals surface area contributed by atoms with E-state index in [9.17, 15) is 4.79 Å². The highest BCUT2D eigenvalue weighted by Gasteiger charge is 2.12. The molecule has 0 aliphatic heterocycles. The molecule has 0 aliphatic carbocycles. The minimum atomic E-state index is -0.255. The minimum Gasteiger partial charge on any atom is -0.464 e. The summed E-state index contributed by atoms with van der Waals surface area (Å²) in [7, 11) is 0. The van der Waals surface area contributed by atoms with Crippen molar-refractivity contribution >= 4 is 6.03 Å². The third-order valence-electron chi connectivity index (χ3n) is 4.02. The monoisotopic (exact) mass is 353 g/mol. The number of amides is 2. The molecule has 0 spiro atoms. The molecule has 3 aromatic rings. The zero-order valence-corrected chi connectivity index (χ0v) is 15.4. The van der Waals surface area contributed by atoms with Crippen molar-refractivity contribution in [2.75, 3.05) is 0 Å². The van der Waals surface area contributed by atoms with E-state index in [4.69, 9.17) is 4.42 Å². The van der Waals surface area contributed by atoms with Gasteiger partial charge in [0.05, 0.1) is 11.7 Å². The fourth-order valence-corrected chi connectivity index (χ4v) is 2.69. The highest BCUT2D eigenvalue weighted by atomic mass is 16.3. The zero-order chi connectivity index (χ0) is 18.7. The molecule has 2 N–H and O–H groups in total. The largest absolute Gasteiger partial charge is 0.464 e. The molecule has 0 bridgehead atoms. The van der Waals surface area contributed by atoms with Gasteiger partial charge < -0.3 is 15.1 Å². The first-order valence-electron chi connectivity index (χ1n) is 8.51. The predicted molar refractivity (Wildman–Crippen MR) is 98.1 cm³/mol. The number of hydrogen-bond acceptors (Lipinski definition) is 4. The standard InChI is InChI=1S/C19H23N5O2/c1-12-9-13(2)24(23-12)18-8-6-16(10-20-18)11-21-19(25)22-15(4)17-7-5-14(3)26-17/h5-10,15H,11H2,1-4H3,(H2,21,22,25). The lowest BCUT2D eigenvalue weighted by Gasteiger charge is -2.13. The van der Waals surface area contributed by atoms with Crippen molar-refractivity contribution in [2.24, 2.45) is 0 Å². The Kier molecular flexibility index (Phi) is 5.06. The second-order valence-electron chi connectivity index (χ2n) is 6.36. The average molecular weight is 353 g/mol. The van der Waals surface area contributed by atoms with Gasteiger partial charge in [0, 0.05) is 18.4 Å². The van der Waals surface area contributed by atoms with E-state index in [-0.39, 0.29) is 12.1 Å². The Morgan fingerprint density at radius 2 is 2.04 bits per heavy atom. The number of hydrogen-bond donors (Lipinski definition) is 2. The lowest BCUT2D eigenvalue weighted by atomic mass is 10.2. The third-order valence-corrected chi connectivity index (χ3v) is 4.02. The summed E-state index contributed by atoms with van der Waals surface area (Å²) in [5.74, 6) is 2.31. The molecule has 3 heterocycles. The van der Waals surface area contributed by atoms with Gasteiger partial charge >= 0.3 is 6.03 Å². The van der Waals surface area contributed by atoms with Gasteiger partial charge in [0.1, 0.15) is 11.5 Å². The van der Waals surface area contributed by atoms with E-state index in [0.717, 1.165) is 34.3 Å². The van der Waals surface area contributed by atoms with Crippen LogP contribution in [-0.2, 0) is 6.54 Å². The fraction of sp³-hybridized carbons (Fsp3) is 0.316. The second-order valence-corrected chi connectivity index (χ2v) is 6.36. The first-order chi connectivity index (χ1) is 12.4. The number of urea groups is 1. The first kappa shape index (κ1) is 17.7. The van der Waals surface area contributed by atoms with Crippen LogP contribution in [0.25, 0.3) is 5.82 Å². The van der Waals surface area contributed by atoms with Gasteiger partial charge in [-0.15, -0.1) is 0 Å². The molecule has 7 heteroatoms. The van der Waals surface area contributed by atoms with Gasteiger partial charge in [-0.2, -0.15) is 5.10 Å². The number of aryl methyl sites for hydroxylation is 3. The zero-order valence-electron chi connectivity index (χ0n) is 15.4. The smallest absolute Gasteiger partial charge is 0.315 e. The van der Waals surface area contributed by atoms with Crippen LogP contribution in [-0.4, -0.2) is 20.8 Å². The van der Waals surface area contributed by atoms with Crippen LogP contribution in [0.4, 0.5) is 4.79 Å². The van der Waals surface area contributed by atoms with Crippen LogP contribution >= 0.6 is 0 Å². The first-order valence-corrected chi connectivity index (χ1v) is 8.51. The van der Waals surface area contributed by atoms with Gasteiger partial charge in [0.2, 0.25) is 0 Å². The van der Waals surface area contributed by atoms with Gasteiger partial charge in [-0.25, -0.2) is 14.5 Å². The molecule has 7 nitrogen and oxygen atoms in total. The Morgan fingerprint density at radius 1 is 1.23 bits per heavy atom. The number of nitrogens with zero attached hydrogens (tertiary/aromatic N) is 3. The van der Waals surface area contributed by atoms with Crippen molar-refractivity contribution < 1.29 is 9.21 Å². The number of pyridine rings is 1. The molecular weight excluding hydrogens is 330 g/mol. The van der Waals surface area contributed by atoms with Crippen LogP contribution in [0, 0.1) is 20.8 Å². The topological polar surface area (TPSA) is 85.0 Å². The molecule has 1 unspecified atom stereocenters. The number of carbonyl (C=O) groups excluding carboxylic acids is 1. The summed E-state index contributed by atoms with van der Waals surface area (Å²) in [6.45, 7) is 8.08. The van der Waals surface area contributed by atoms with Crippen molar-refractivity contribution in [3.8, 4) is 5.82 Å². The van der Waals surface area contributed by atoms with E-state index in [2.05, 4.69) is 20.7 Å². The van der Waals surface area contributed by atoms with Crippen molar-refractivity contribution in [2.45, 2.75) is 40.3 Å². The fourth-order valence-electron chi connectivity index (χ4n) is 2.69. The summed E-state index contributed by atoms with van der Waals surface area (Å²) in [5.41, 5.74) is 2.89.